The van der Waals surface area contributed by atoms with Crippen LogP contribution in [-0.2, 0) is 16.1 Å². The van der Waals surface area contributed by atoms with E-state index in [0.29, 0.717) is 13.2 Å². The minimum Gasteiger partial charge on any atom is -0.488 e. The van der Waals surface area contributed by atoms with Crippen LogP contribution in [0.4, 0.5) is 5.69 Å². The Labute approximate surface area is 182 Å². The highest BCUT2D eigenvalue weighted by Crippen LogP contribution is 2.29. The van der Waals surface area contributed by atoms with Crippen LogP contribution in [0.5, 0.6) is 5.75 Å². The predicted octanol–water partition coefficient (Wildman–Crippen LogP) is 6.59. The lowest BCUT2D eigenvalue weighted by atomic mass is 9.96. The van der Waals surface area contributed by atoms with Gasteiger partial charge in [0.15, 0.2) is 0 Å². The number of ether oxygens (including phenoxy) is 2. The second-order valence-electron chi connectivity index (χ2n) is 8.20. The summed E-state index contributed by atoms with van der Waals surface area (Å²) >= 11 is 0. The lowest BCUT2D eigenvalue weighted by molar-refractivity contribution is -0.140. The molecule has 2 aromatic rings. The first-order chi connectivity index (χ1) is 14.4. The molecular weight excluding hydrogens is 374 g/mol. The topological polar surface area (TPSA) is 47.6 Å². The quantitative estimate of drug-likeness (QED) is 0.401. The van der Waals surface area contributed by atoms with Gasteiger partial charge in [-0.05, 0) is 62.4 Å². The van der Waals surface area contributed by atoms with E-state index < -0.39 is 5.60 Å². The summed E-state index contributed by atoms with van der Waals surface area (Å²) in [6.07, 6.45) is 4.82. The van der Waals surface area contributed by atoms with Gasteiger partial charge in [0.05, 0.1) is 0 Å². The Morgan fingerprint density at radius 1 is 1.00 bits per heavy atom. The van der Waals surface area contributed by atoms with Gasteiger partial charge in [0.1, 0.15) is 18.0 Å². The molecule has 0 aliphatic heterocycles. The maximum Gasteiger partial charge on any atom is 0.256 e. The fourth-order valence-electron chi connectivity index (χ4n) is 3.53. The molecule has 4 heteroatoms. The lowest BCUT2D eigenvalue weighted by Crippen LogP contribution is -2.43. The molecule has 0 fully saturated rings. The fraction of sp³-hybridized carbons (Fsp3) is 0.500. The Balaban J connectivity index is 2.09. The highest BCUT2D eigenvalue weighted by atomic mass is 16.5. The first-order valence-corrected chi connectivity index (χ1v) is 11.1. The molecule has 0 saturated carbocycles. The maximum atomic E-state index is 13.1. The fourth-order valence-corrected chi connectivity index (χ4v) is 3.53. The second kappa shape index (κ2) is 11.8. The van der Waals surface area contributed by atoms with Crippen molar-refractivity contribution < 1.29 is 14.3 Å². The summed E-state index contributed by atoms with van der Waals surface area (Å²) in [7, 11) is 0. The van der Waals surface area contributed by atoms with Crippen LogP contribution < -0.4 is 10.1 Å². The molecule has 0 unspecified atom stereocenters. The molecule has 2 aromatic carbocycles. The van der Waals surface area contributed by atoms with Crippen molar-refractivity contribution in [3.63, 3.8) is 0 Å². The summed E-state index contributed by atoms with van der Waals surface area (Å²) in [5.74, 6) is 0.786. The number of hydrogen-bond acceptors (Lipinski definition) is 3. The van der Waals surface area contributed by atoms with Crippen molar-refractivity contribution in [2.75, 3.05) is 11.9 Å². The average Bonchev–Trinajstić information content (AvgIpc) is 2.72. The van der Waals surface area contributed by atoms with E-state index in [1.54, 1.807) is 0 Å². The molecule has 0 radical (unpaired) electrons. The molecule has 1 N–H and O–H groups in total. The number of aryl methyl sites for hydroxylation is 2. The Kier molecular flexibility index (Phi) is 9.38. The Morgan fingerprint density at radius 2 is 1.67 bits per heavy atom. The molecule has 30 heavy (non-hydrogen) atoms. The third-order valence-electron chi connectivity index (χ3n) is 5.31. The number of hydrogen-bond donors (Lipinski definition) is 1. The van der Waals surface area contributed by atoms with E-state index in [9.17, 15) is 4.79 Å². The maximum absolute atomic E-state index is 13.1. The second-order valence-corrected chi connectivity index (χ2v) is 8.20. The van der Waals surface area contributed by atoms with Gasteiger partial charge in [-0.25, -0.2) is 0 Å². The van der Waals surface area contributed by atoms with Crippen molar-refractivity contribution in [1.82, 2.24) is 0 Å². The average molecular weight is 412 g/mol. The van der Waals surface area contributed by atoms with Gasteiger partial charge in [0.2, 0.25) is 0 Å². The minimum absolute atomic E-state index is 0.0798. The minimum atomic E-state index is -0.810. The van der Waals surface area contributed by atoms with Crippen LogP contribution in [0.1, 0.15) is 69.6 Å². The summed E-state index contributed by atoms with van der Waals surface area (Å²) in [4.78, 5) is 13.1. The standard InChI is InChI=1S/C26H37NO3/c1-6-8-12-15-26(5,30-16-7-2)25(28)27-23-17-20(3)24(21(4)18-23)29-19-22-13-10-9-11-14-22/h9-11,13-14,17-18H,6-8,12,15-16,19H2,1-5H3,(H,27,28)/t26-/m0/s1. The van der Waals surface area contributed by atoms with Crippen molar-refractivity contribution >= 4 is 11.6 Å². The molecule has 0 aliphatic carbocycles. The first kappa shape index (κ1) is 23.9. The highest BCUT2D eigenvalue weighted by molar-refractivity contribution is 5.97. The Bertz CT molecular complexity index is 780. The van der Waals surface area contributed by atoms with Gasteiger partial charge >= 0.3 is 0 Å². The van der Waals surface area contributed by atoms with Crippen LogP contribution in [0, 0.1) is 13.8 Å². The summed E-state index contributed by atoms with van der Waals surface area (Å²) in [5, 5.41) is 3.08. The molecule has 0 spiro atoms. The van der Waals surface area contributed by atoms with E-state index in [1.165, 1.54) is 0 Å². The van der Waals surface area contributed by atoms with Crippen LogP contribution >= 0.6 is 0 Å². The number of carbonyl (C=O) groups excluding carboxylic acids is 1. The van der Waals surface area contributed by atoms with Crippen LogP contribution in [0.2, 0.25) is 0 Å². The number of nitrogens with one attached hydrogen (secondary N) is 1. The molecule has 164 valence electrons. The zero-order valence-corrected chi connectivity index (χ0v) is 19.2. The third kappa shape index (κ3) is 6.88. The normalized spacial score (nSPS) is 13.0. The molecule has 0 aromatic heterocycles. The van der Waals surface area contributed by atoms with Crippen LogP contribution in [0.25, 0.3) is 0 Å². The van der Waals surface area contributed by atoms with E-state index in [-0.39, 0.29) is 5.91 Å². The summed E-state index contributed by atoms with van der Waals surface area (Å²) < 4.78 is 12.1. The Morgan fingerprint density at radius 3 is 2.27 bits per heavy atom. The van der Waals surface area contributed by atoms with Gasteiger partial charge in [0.25, 0.3) is 5.91 Å². The summed E-state index contributed by atoms with van der Waals surface area (Å²) in [5.41, 5.74) is 3.11. The van der Waals surface area contributed by atoms with E-state index in [2.05, 4.69) is 31.3 Å². The predicted molar refractivity (Wildman–Crippen MR) is 124 cm³/mol. The van der Waals surface area contributed by atoms with Crippen molar-refractivity contribution in [3.8, 4) is 5.75 Å². The molecule has 1 atom stereocenters. The molecule has 1 amide bonds. The Hall–Kier alpha value is -2.33. The van der Waals surface area contributed by atoms with Crippen LogP contribution in [-0.4, -0.2) is 18.1 Å². The van der Waals surface area contributed by atoms with Crippen molar-refractivity contribution in [2.45, 2.75) is 78.9 Å². The van der Waals surface area contributed by atoms with Crippen molar-refractivity contribution in [1.29, 1.82) is 0 Å². The smallest absolute Gasteiger partial charge is 0.256 e. The van der Waals surface area contributed by atoms with Gasteiger partial charge < -0.3 is 14.8 Å². The molecule has 0 aliphatic rings. The van der Waals surface area contributed by atoms with E-state index in [4.69, 9.17) is 9.47 Å². The zero-order chi connectivity index (χ0) is 22.0. The molecule has 2 rings (SSSR count). The van der Waals surface area contributed by atoms with Crippen molar-refractivity contribution in [2.24, 2.45) is 0 Å². The van der Waals surface area contributed by atoms with E-state index >= 15 is 0 Å². The third-order valence-corrected chi connectivity index (χ3v) is 5.31. The van der Waals surface area contributed by atoms with Gasteiger partial charge in [0, 0.05) is 12.3 Å². The lowest BCUT2D eigenvalue weighted by Gasteiger charge is -2.29. The zero-order valence-electron chi connectivity index (χ0n) is 19.2. The van der Waals surface area contributed by atoms with E-state index in [1.807, 2.05) is 51.1 Å². The number of rotatable bonds is 12. The van der Waals surface area contributed by atoms with Gasteiger partial charge in [-0.15, -0.1) is 0 Å². The van der Waals surface area contributed by atoms with Gasteiger partial charge in [-0.1, -0.05) is 63.4 Å². The van der Waals surface area contributed by atoms with Gasteiger partial charge in [-0.2, -0.15) is 0 Å². The summed E-state index contributed by atoms with van der Waals surface area (Å²) in [6.45, 7) is 11.3. The number of unbranched alkanes of at least 4 members (excludes halogenated alkanes) is 2. The van der Waals surface area contributed by atoms with Crippen LogP contribution in [0.15, 0.2) is 42.5 Å². The molecule has 0 saturated heterocycles. The van der Waals surface area contributed by atoms with Gasteiger partial charge in [-0.3, -0.25) is 4.79 Å². The van der Waals surface area contributed by atoms with E-state index in [0.717, 1.165) is 60.2 Å². The number of benzene rings is 2. The summed E-state index contributed by atoms with van der Waals surface area (Å²) in [6, 6.07) is 14.1. The molecule has 0 bridgehead atoms. The number of carbonyl (C=O) groups is 1. The van der Waals surface area contributed by atoms with Crippen LogP contribution in [0.3, 0.4) is 0 Å². The first-order valence-electron chi connectivity index (χ1n) is 11.1. The largest absolute Gasteiger partial charge is 0.488 e. The SMILES string of the molecule is CCCCC[C@](C)(OCCC)C(=O)Nc1cc(C)c(OCc2ccccc2)c(C)c1. The number of anilines is 1. The molecule has 4 nitrogen and oxygen atoms in total. The monoisotopic (exact) mass is 411 g/mol. The molecular formula is C26H37NO3. The number of amides is 1. The molecule has 0 heterocycles. The highest BCUT2D eigenvalue weighted by Gasteiger charge is 2.33. The van der Waals surface area contributed by atoms with Crippen molar-refractivity contribution in [3.05, 3.63) is 59.2 Å².